The number of carbonyl (C=O) groups is 1. The van der Waals surface area contributed by atoms with Gasteiger partial charge in [0.05, 0.1) is 24.8 Å². The number of hydrogen-bond acceptors (Lipinski definition) is 7. The Hall–Kier alpha value is -1.90. The molecule has 0 N–H and O–H groups in total. The van der Waals surface area contributed by atoms with Gasteiger partial charge in [0.15, 0.2) is 6.29 Å². The summed E-state index contributed by atoms with van der Waals surface area (Å²) in [7, 11) is 1.40. The molecule has 0 saturated carbocycles. The van der Waals surface area contributed by atoms with Crippen molar-refractivity contribution in [1.82, 2.24) is 14.9 Å². The summed E-state index contributed by atoms with van der Waals surface area (Å²) in [6.07, 6.45) is 6.27. The van der Waals surface area contributed by atoms with Gasteiger partial charge in [-0.1, -0.05) is 23.8 Å². The molecule has 154 valence electrons. The maximum absolute atomic E-state index is 12.0. The maximum Gasteiger partial charge on any atom is 0.410 e. The number of aromatic nitrogens is 2. The van der Waals surface area contributed by atoms with E-state index in [2.05, 4.69) is 9.97 Å². The van der Waals surface area contributed by atoms with Gasteiger partial charge in [0, 0.05) is 32.5 Å². The van der Waals surface area contributed by atoms with E-state index in [1.807, 2.05) is 26.0 Å². The maximum atomic E-state index is 12.0. The third-order valence-corrected chi connectivity index (χ3v) is 5.20. The summed E-state index contributed by atoms with van der Waals surface area (Å²) in [6.45, 7) is 4.86. The highest BCUT2D eigenvalue weighted by Crippen LogP contribution is 2.34. The highest BCUT2D eigenvalue weighted by atomic mass is 35.5. The number of fused-ring (bicyclic) bond motifs is 2. The highest BCUT2D eigenvalue weighted by molar-refractivity contribution is 6.30. The molecule has 2 atom stereocenters. The monoisotopic (exact) mass is 411 g/mol. The summed E-state index contributed by atoms with van der Waals surface area (Å²) < 4.78 is 22.3. The predicted octanol–water partition coefficient (Wildman–Crippen LogP) is 2.99. The summed E-state index contributed by atoms with van der Waals surface area (Å²) in [5, 5.41) is 0.322. The number of halogens is 1. The van der Waals surface area contributed by atoms with Gasteiger partial charge in [-0.05, 0) is 13.8 Å². The van der Waals surface area contributed by atoms with Crippen LogP contribution in [0, 0.1) is 0 Å². The van der Waals surface area contributed by atoms with Crippen molar-refractivity contribution in [2.45, 2.75) is 57.6 Å². The van der Waals surface area contributed by atoms with E-state index in [4.69, 9.17) is 30.5 Å². The molecule has 3 rings (SSSR count). The molecule has 3 heterocycles. The Balaban J connectivity index is 1.72. The van der Waals surface area contributed by atoms with Gasteiger partial charge in [-0.2, -0.15) is 0 Å². The Bertz CT molecular complexity index is 695. The third-order valence-electron chi connectivity index (χ3n) is 4.87. The van der Waals surface area contributed by atoms with Crippen LogP contribution in [0.25, 0.3) is 0 Å². The van der Waals surface area contributed by atoms with E-state index < -0.39 is 6.29 Å². The molecule has 2 bridgehead atoms. The van der Waals surface area contributed by atoms with Gasteiger partial charge >= 0.3 is 6.09 Å². The van der Waals surface area contributed by atoms with Crippen LogP contribution in [0.3, 0.4) is 0 Å². The molecule has 1 saturated heterocycles. The number of piperidine rings is 1. The number of carbonyl (C=O) groups excluding carboxylic acids is 1. The van der Waals surface area contributed by atoms with Crippen molar-refractivity contribution in [3.8, 4) is 5.88 Å². The minimum absolute atomic E-state index is 0.0449. The first-order valence-electron chi connectivity index (χ1n) is 9.51. The Morgan fingerprint density at radius 2 is 1.86 bits per heavy atom. The molecular weight excluding hydrogens is 386 g/mol. The Labute approximate surface area is 169 Å². The zero-order valence-corrected chi connectivity index (χ0v) is 17.1. The van der Waals surface area contributed by atoms with Gasteiger partial charge in [-0.3, -0.25) is 4.90 Å². The van der Waals surface area contributed by atoms with Crippen LogP contribution in [0.5, 0.6) is 5.88 Å². The van der Waals surface area contributed by atoms with Crippen LogP contribution < -0.4 is 4.74 Å². The van der Waals surface area contributed by atoms with Crippen molar-refractivity contribution >= 4 is 17.7 Å². The summed E-state index contributed by atoms with van der Waals surface area (Å²) >= 11 is 6.32. The number of nitrogens with zero attached hydrogens (tertiary/aromatic N) is 3. The van der Waals surface area contributed by atoms with E-state index in [0.29, 0.717) is 49.1 Å². The first-order chi connectivity index (χ1) is 13.6. The summed E-state index contributed by atoms with van der Waals surface area (Å²) in [5.41, 5.74) is 0.659. The second-order valence-corrected chi connectivity index (χ2v) is 6.96. The quantitative estimate of drug-likeness (QED) is 0.369. The van der Waals surface area contributed by atoms with Crippen LogP contribution >= 0.6 is 11.6 Å². The number of rotatable bonds is 8. The first-order valence-corrected chi connectivity index (χ1v) is 9.88. The zero-order chi connectivity index (χ0) is 20.1. The number of amides is 1. The average molecular weight is 412 g/mol. The van der Waals surface area contributed by atoms with E-state index in [-0.39, 0.29) is 24.3 Å². The summed E-state index contributed by atoms with van der Waals surface area (Å²) in [4.78, 5) is 22.1. The largest absolute Gasteiger partial charge is 0.474 e. The smallest absolute Gasteiger partial charge is 0.410 e. The molecule has 0 aromatic carbocycles. The van der Waals surface area contributed by atoms with E-state index >= 15 is 0 Å². The van der Waals surface area contributed by atoms with Crippen molar-refractivity contribution in [1.29, 1.82) is 0 Å². The van der Waals surface area contributed by atoms with Gasteiger partial charge < -0.3 is 18.9 Å². The van der Waals surface area contributed by atoms with Crippen molar-refractivity contribution < 1.29 is 23.7 Å². The molecule has 1 aromatic rings. The zero-order valence-electron chi connectivity index (χ0n) is 16.3. The molecule has 1 fully saturated rings. The Morgan fingerprint density at radius 3 is 2.43 bits per heavy atom. The summed E-state index contributed by atoms with van der Waals surface area (Å²) in [6, 6.07) is -0.0897. The molecule has 2 aliphatic rings. The number of ether oxygens (including phenoxy) is 4. The molecule has 0 radical (unpaired) electrons. The number of methoxy groups -OCH3 is 1. The lowest BCUT2D eigenvalue weighted by atomic mass is 9.99. The Morgan fingerprint density at radius 1 is 1.21 bits per heavy atom. The standard InChI is InChI=1S/C19H26ClN3O5/c1-4-26-16(27-5-2)10-15-17(20)21-11-22-18(15)28-14-8-12-6-7-13(9-14)23(12)19(24)25-3/h6-7,11-14,16H,4-5,8-10H2,1-3H3. The fourth-order valence-electron chi connectivity index (χ4n) is 3.69. The molecule has 2 aliphatic heterocycles. The van der Waals surface area contributed by atoms with Gasteiger partial charge in [-0.25, -0.2) is 14.8 Å². The molecule has 28 heavy (non-hydrogen) atoms. The van der Waals surface area contributed by atoms with Crippen molar-refractivity contribution in [2.24, 2.45) is 0 Å². The van der Waals surface area contributed by atoms with Crippen molar-refractivity contribution in [3.63, 3.8) is 0 Å². The fourth-order valence-corrected chi connectivity index (χ4v) is 3.89. The molecule has 0 spiro atoms. The second-order valence-electron chi connectivity index (χ2n) is 6.60. The SMILES string of the molecule is CCOC(Cc1c(Cl)ncnc1OC1CC2C=CC(C1)N2C(=O)OC)OCC. The lowest BCUT2D eigenvalue weighted by Gasteiger charge is -2.37. The van der Waals surface area contributed by atoms with Crippen molar-refractivity contribution in [2.75, 3.05) is 20.3 Å². The molecule has 2 unspecified atom stereocenters. The van der Waals surface area contributed by atoms with Crippen molar-refractivity contribution in [3.05, 3.63) is 29.2 Å². The third kappa shape index (κ3) is 4.56. The molecule has 8 nitrogen and oxygen atoms in total. The molecule has 1 aromatic heterocycles. The normalized spacial score (nSPS) is 23.3. The van der Waals surface area contributed by atoms with Gasteiger partial charge in [-0.15, -0.1) is 0 Å². The Kier molecular flexibility index (Phi) is 7.09. The molecular formula is C19H26ClN3O5. The summed E-state index contributed by atoms with van der Waals surface area (Å²) in [5.74, 6) is 0.431. The van der Waals surface area contributed by atoms with E-state index in [1.165, 1.54) is 13.4 Å². The van der Waals surface area contributed by atoms with E-state index in [1.54, 1.807) is 4.90 Å². The molecule has 1 amide bonds. The van der Waals surface area contributed by atoms with Crippen LogP contribution in [-0.2, 0) is 20.6 Å². The van der Waals surface area contributed by atoms with Gasteiger partial charge in [0.1, 0.15) is 17.6 Å². The van der Waals surface area contributed by atoms with Crippen LogP contribution in [-0.4, -0.2) is 65.8 Å². The van der Waals surface area contributed by atoms with Crippen LogP contribution in [0.15, 0.2) is 18.5 Å². The topological polar surface area (TPSA) is 83.0 Å². The van der Waals surface area contributed by atoms with Gasteiger partial charge in [0.25, 0.3) is 0 Å². The minimum atomic E-state index is -0.445. The van der Waals surface area contributed by atoms with Crippen LogP contribution in [0.4, 0.5) is 4.79 Å². The lowest BCUT2D eigenvalue weighted by Crippen LogP contribution is -2.50. The van der Waals surface area contributed by atoms with E-state index in [9.17, 15) is 4.79 Å². The first kappa shape index (κ1) is 20.8. The lowest BCUT2D eigenvalue weighted by molar-refractivity contribution is -0.134. The molecule has 0 aliphatic carbocycles. The number of hydrogen-bond donors (Lipinski definition) is 0. The van der Waals surface area contributed by atoms with Crippen LogP contribution in [0.2, 0.25) is 5.15 Å². The average Bonchev–Trinajstić information content (AvgIpc) is 2.95. The minimum Gasteiger partial charge on any atom is -0.474 e. The predicted molar refractivity (Wildman–Crippen MR) is 102 cm³/mol. The fraction of sp³-hybridized carbons (Fsp3) is 0.632. The highest BCUT2D eigenvalue weighted by Gasteiger charge is 2.41. The van der Waals surface area contributed by atoms with Crippen LogP contribution in [0.1, 0.15) is 32.3 Å². The second kappa shape index (κ2) is 9.54. The molecule has 9 heteroatoms. The van der Waals surface area contributed by atoms with E-state index in [0.717, 1.165) is 0 Å². The van der Waals surface area contributed by atoms with Gasteiger partial charge in [0.2, 0.25) is 5.88 Å².